The lowest BCUT2D eigenvalue weighted by Crippen LogP contribution is -2.31. The first-order chi connectivity index (χ1) is 10.1. The van der Waals surface area contributed by atoms with Crippen molar-refractivity contribution in [2.45, 2.75) is 32.5 Å². The first-order valence-corrected chi connectivity index (χ1v) is 7.32. The van der Waals surface area contributed by atoms with Crippen molar-refractivity contribution in [2.24, 2.45) is 0 Å². The molecule has 0 fully saturated rings. The molecular weight excluding hydrogens is 292 g/mol. The Hall–Kier alpha value is -2.20. The van der Waals surface area contributed by atoms with Gasteiger partial charge in [0.05, 0.1) is 17.6 Å². The van der Waals surface area contributed by atoms with Crippen molar-refractivity contribution in [3.63, 3.8) is 0 Å². The fourth-order valence-electron chi connectivity index (χ4n) is 2.84. The molecule has 4 aromatic rings. The standard InChI is InChI=1S/C11H10N8OS/c1-11(2)3-5-6(4-20-11)21-9-7(5)8-12-14-16-18(8)10-13-15-17-19(9)10/h3-4H2,1-2H3. The molecule has 21 heavy (non-hydrogen) atoms. The molecule has 0 aromatic carbocycles. The van der Waals surface area contributed by atoms with Crippen LogP contribution in [0, 0.1) is 0 Å². The van der Waals surface area contributed by atoms with E-state index in [1.165, 1.54) is 10.4 Å². The summed E-state index contributed by atoms with van der Waals surface area (Å²) in [5, 5.41) is 24.8. The molecule has 1 aliphatic rings. The van der Waals surface area contributed by atoms with Gasteiger partial charge >= 0.3 is 0 Å². The summed E-state index contributed by atoms with van der Waals surface area (Å²) in [7, 11) is 0. The Morgan fingerprint density at radius 2 is 1.95 bits per heavy atom. The van der Waals surface area contributed by atoms with Crippen LogP contribution in [0.4, 0.5) is 0 Å². The molecule has 5 heterocycles. The van der Waals surface area contributed by atoms with Gasteiger partial charge in [0.2, 0.25) is 0 Å². The van der Waals surface area contributed by atoms with Crippen molar-refractivity contribution in [1.29, 1.82) is 0 Å². The molecule has 0 amide bonds. The second-order valence-corrected chi connectivity index (χ2v) is 6.80. The third-order valence-electron chi connectivity index (χ3n) is 3.80. The van der Waals surface area contributed by atoms with Gasteiger partial charge in [-0.05, 0) is 40.3 Å². The van der Waals surface area contributed by atoms with Crippen LogP contribution in [0.25, 0.3) is 21.6 Å². The van der Waals surface area contributed by atoms with Gasteiger partial charge in [-0.25, -0.2) is 0 Å². The fraction of sp³-hybridized carbons (Fsp3) is 0.455. The maximum Gasteiger partial charge on any atom is 0.279 e. The zero-order chi connectivity index (χ0) is 14.2. The predicted molar refractivity (Wildman–Crippen MR) is 73.1 cm³/mol. The molecular formula is C11H10N8OS. The monoisotopic (exact) mass is 302 g/mol. The summed E-state index contributed by atoms with van der Waals surface area (Å²) in [6.45, 7) is 4.78. The van der Waals surface area contributed by atoms with Gasteiger partial charge in [0.25, 0.3) is 5.78 Å². The van der Waals surface area contributed by atoms with Gasteiger partial charge in [-0.1, -0.05) is 5.10 Å². The normalized spacial score (nSPS) is 17.8. The Morgan fingerprint density at radius 3 is 2.86 bits per heavy atom. The van der Waals surface area contributed by atoms with Crippen molar-refractivity contribution >= 4 is 33.0 Å². The van der Waals surface area contributed by atoms with E-state index in [9.17, 15) is 0 Å². The highest BCUT2D eigenvalue weighted by Gasteiger charge is 2.31. The van der Waals surface area contributed by atoms with Crippen LogP contribution in [0.1, 0.15) is 24.3 Å². The van der Waals surface area contributed by atoms with Gasteiger partial charge in [-0.2, -0.15) is 9.03 Å². The zero-order valence-corrected chi connectivity index (χ0v) is 12.1. The van der Waals surface area contributed by atoms with Crippen molar-refractivity contribution in [1.82, 2.24) is 40.1 Å². The molecule has 0 saturated carbocycles. The fourth-order valence-corrected chi connectivity index (χ4v) is 4.01. The SMILES string of the molecule is CC1(C)Cc2c(sc3c2c2nnnn2c2nnnn32)CO1. The van der Waals surface area contributed by atoms with E-state index in [-0.39, 0.29) is 5.60 Å². The summed E-state index contributed by atoms with van der Waals surface area (Å²) >= 11 is 1.64. The Bertz CT molecular complexity index is 1010. The lowest BCUT2D eigenvalue weighted by atomic mass is 9.94. The lowest BCUT2D eigenvalue weighted by molar-refractivity contribution is -0.0379. The van der Waals surface area contributed by atoms with E-state index in [1.807, 2.05) is 0 Å². The van der Waals surface area contributed by atoms with E-state index in [2.05, 4.69) is 44.9 Å². The van der Waals surface area contributed by atoms with Crippen LogP contribution in [0.2, 0.25) is 0 Å². The van der Waals surface area contributed by atoms with Gasteiger partial charge in [-0.15, -0.1) is 16.4 Å². The molecule has 5 rings (SSSR count). The number of thiophene rings is 1. The van der Waals surface area contributed by atoms with Crippen molar-refractivity contribution in [3.05, 3.63) is 10.4 Å². The molecule has 1 aliphatic heterocycles. The minimum Gasteiger partial charge on any atom is -0.370 e. The molecule has 0 aliphatic carbocycles. The minimum atomic E-state index is -0.193. The summed E-state index contributed by atoms with van der Waals surface area (Å²) in [6.07, 6.45) is 0.818. The van der Waals surface area contributed by atoms with Gasteiger partial charge in [0.1, 0.15) is 4.83 Å². The summed E-state index contributed by atoms with van der Waals surface area (Å²) in [5.41, 5.74) is 1.74. The van der Waals surface area contributed by atoms with Crippen LogP contribution >= 0.6 is 11.3 Å². The smallest absolute Gasteiger partial charge is 0.279 e. The van der Waals surface area contributed by atoms with Gasteiger partial charge < -0.3 is 4.74 Å². The summed E-state index contributed by atoms with van der Waals surface area (Å²) in [5.74, 6) is 0.515. The molecule has 0 N–H and O–H groups in total. The maximum absolute atomic E-state index is 5.90. The van der Waals surface area contributed by atoms with E-state index in [1.54, 1.807) is 20.4 Å². The number of ether oxygens (including phenoxy) is 1. The topological polar surface area (TPSA) is 95.4 Å². The molecule has 9 nitrogen and oxygen atoms in total. The lowest BCUT2D eigenvalue weighted by Gasteiger charge is -2.29. The molecule has 0 bridgehead atoms. The molecule has 0 spiro atoms. The average molecular weight is 302 g/mol. The van der Waals surface area contributed by atoms with Crippen LogP contribution < -0.4 is 0 Å². The highest BCUT2D eigenvalue weighted by atomic mass is 32.1. The highest BCUT2D eigenvalue weighted by Crippen LogP contribution is 2.40. The molecule has 0 atom stereocenters. The number of hydrogen-bond donors (Lipinski definition) is 0. The Balaban J connectivity index is 2.02. The van der Waals surface area contributed by atoms with Crippen LogP contribution in [0.15, 0.2) is 0 Å². The molecule has 0 radical (unpaired) electrons. The van der Waals surface area contributed by atoms with E-state index in [0.717, 1.165) is 16.6 Å². The van der Waals surface area contributed by atoms with Gasteiger partial charge in [0.15, 0.2) is 5.65 Å². The first kappa shape index (κ1) is 11.5. The maximum atomic E-state index is 5.90. The third kappa shape index (κ3) is 1.38. The number of rotatable bonds is 0. The highest BCUT2D eigenvalue weighted by molar-refractivity contribution is 7.19. The quantitative estimate of drug-likeness (QED) is 0.470. The van der Waals surface area contributed by atoms with E-state index >= 15 is 0 Å². The summed E-state index contributed by atoms with van der Waals surface area (Å²) in [6, 6.07) is 0. The second kappa shape index (κ2) is 3.52. The predicted octanol–water partition coefficient (Wildman–Crippen LogP) is 0.628. The number of fused-ring (bicyclic) bond motifs is 8. The largest absolute Gasteiger partial charge is 0.370 e. The van der Waals surface area contributed by atoms with Crippen LogP contribution in [0.5, 0.6) is 0 Å². The molecule has 106 valence electrons. The first-order valence-electron chi connectivity index (χ1n) is 6.50. The van der Waals surface area contributed by atoms with Crippen molar-refractivity contribution in [2.75, 3.05) is 0 Å². The Morgan fingerprint density at radius 1 is 1.14 bits per heavy atom. The van der Waals surface area contributed by atoms with E-state index < -0.39 is 0 Å². The van der Waals surface area contributed by atoms with E-state index in [4.69, 9.17) is 4.74 Å². The summed E-state index contributed by atoms with van der Waals surface area (Å²) in [4.78, 5) is 2.15. The minimum absolute atomic E-state index is 0.193. The van der Waals surface area contributed by atoms with Crippen LogP contribution in [-0.4, -0.2) is 45.7 Å². The van der Waals surface area contributed by atoms with Gasteiger partial charge in [-0.3, -0.25) is 0 Å². The Kier molecular flexibility index (Phi) is 1.92. The van der Waals surface area contributed by atoms with Crippen LogP contribution in [0.3, 0.4) is 0 Å². The van der Waals surface area contributed by atoms with Crippen molar-refractivity contribution in [3.8, 4) is 0 Å². The average Bonchev–Trinajstić information content (AvgIpc) is 3.13. The second-order valence-electron chi connectivity index (χ2n) is 5.71. The Labute approximate surface area is 121 Å². The van der Waals surface area contributed by atoms with E-state index in [0.29, 0.717) is 18.0 Å². The van der Waals surface area contributed by atoms with Gasteiger partial charge in [0, 0.05) is 11.3 Å². The summed E-state index contributed by atoms with van der Waals surface area (Å²) < 4.78 is 9.17. The van der Waals surface area contributed by atoms with Crippen molar-refractivity contribution < 1.29 is 4.74 Å². The van der Waals surface area contributed by atoms with Crippen LogP contribution in [-0.2, 0) is 17.8 Å². The number of aromatic nitrogens is 8. The zero-order valence-electron chi connectivity index (χ0n) is 11.3. The third-order valence-corrected chi connectivity index (χ3v) is 4.98. The molecule has 0 saturated heterocycles. The number of hydrogen-bond acceptors (Lipinski definition) is 8. The molecule has 10 heteroatoms. The molecule has 0 unspecified atom stereocenters. The number of nitrogens with zero attached hydrogens (tertiary/aromatic N) is 8. The number of tetrazole rings is 2. The molecule has 4 aromatic heterocycles.